The van der Waals surface area contributed by atoms with Crippen LogP contribution in [-0.2, 0) is 9.59 Å². The number of amides is 1. The minimum absolute atomic E-state index is 0.0459. The van der Waals surface area contributed by atoms with Crippen molar-refractivity contribution in [2.24, 2.45) is 63.6 Å². The third-order valence-electron chi connectivity index (χ3n) is 10.2. The fourth-order valence-electron chi connectivity index (χ4n) is 8.58. The molecule has 4 aliphatic carbocycles. The zero-order valence-corrected chi connectivity index (χ0v) is 19.6. The highest BCUT2D eigenvalue weighted by molar-refractivity contribution is 5.91. The van der Waals surface area contributed by atoms with Gasteiger partial charge in [-0.15, -0.1) is 0 Å². The van der Waals surface area contributed by atoms with Crippen molar-refractivity contribution in [1.29, 1.82) is 0 Å². The van der Waals surface area contributed by atoms with Crippen LogP contribution in [0.2, 0.25) is 0 Å². The first-order valence-corrected chi connectivity index (χ1v) is 12.4. The molecule has 0 aromatic rings. The summed E-state index contributed by atoms with van der Waals surface area (Å²) in [7, 11) is 0. The maximum Gasteiger partial charge on any atom is 0.266 e. The van der Waals surface area contributed by atoms with E-state index in [2.05, 4.69) is 20.8 Å². The molecule has 0 spiro atoms. The first kappa shape index (κ1) is 22.6. The summed E-state index contributed by atoms with van der Waals surface area (Å²) in [5.74, 6) is 9.47. The molecule has 4 fully saturated rings. The van der Waals surface area contributed by atoms with E-state index in [1.54, 1.807) is 0 Å². The lowest BCUT2D eigenvalue weighted by molar-refractivity contribution is -0.137. The first-order valence-electron chi connectivity index (χ1n) is 12.4. The SMILES string of the molecule is CC1CCC2(C)C(CCC3C2CCC2(C)C3CC[C@@H]2C(=O)CN(N)/C=C(\N)C(N)=O)C1. The van der Waals surface area contributed by atoms with Gasteiger partial charge in [0.05, 0.1) is 6.54 Å². The minimum Gasteiger partial charge on any atom is -0.393 e. The van der Waals surface area contributed by atoms with Gasteiger partial charge in [-0.2, -0.15) is 0 Å². The van der Waals surface area contributed by atoms with E-state index in [9.17, 15) is 9.59 Å². The van der Waals surface area contributed by atoms with E-state index in [-0.39, 0.29) is 29.4 Å². The first-order chi connectivity index (χ1) is 14.6. The predicted octanol–water partition coefficient (Wildman–Crippen LogP) is 3.31. The molecule has 174 valence electrons. The number of hydrogen-bond donors (Lipinski definition) is 3. The van der Waals surface area contributed by atoms with E-state index in [0.29, 0.717) is 11.3 Å². The highest BCUT2D eigenvalue weighted by Gasteiger charge is 2.60. The quantitative estimate of drug-likeness (QED) is 0.351. The van der Waals surface area contributed by atoms with E-state index in [1.165, 1.54) is 49.7 Å². The van der Waals surface area contributed by atoms with Crippen LogP contribution in [-0.4, -0.2) is 23.2 Å². The van der Waals surface area contributed by atoms with E-state index in [1.807, 2.05) is 0 Å². The van der Waals surface area contributed by atoms with Crippen LogP contribution in [0.1, 0.15) is 78.6 Å². The molecule has 0 saturated heterocycles. The van der Waals surface area contributed by atoms with Gasteiger partial charge in [-0.25, -0.2) is 5.84 Å². The molecule has 4 aliphatic rings. The van der Waals surface area contributed by atoms with Gasteiger partial charge in [0.2, 0.25) is 0 Å². The molecule has 4 rings (SSSR count). The van der Waals surface area contributed by atoms with Crippen molar-refractivity contribution in [2.75, 3.05) is 6.54 Å². The topological polar surface area (TPSA) is 115 Å². The average Bonchev–Trinajstić information content (AvgIpc) is 3.05. The molecule has 0 aliphatic heterocycles. The minimum atomic E-state index is -0.727. The fraction of sp³-hybridized carbons (Fsp3) is 0.840. The molecule has 6 N–H and O–H groups in total. The number of hydrazine groups is 1. The number of hydrogen-bond acceptors (Lipinski definition) is 5. The lowest BCUT2D eigenvalue weighted by Crippen LogP contribution is -2.54. The molecule has 0 heterocycles. The molecule has 1 amide bonds. The standard InChI is InChI=1S/C25H42N4O2/c1-15-8-10-24(2)16(12-15)4-5-17-18-6-7-20(25(18,3)11-9-19(17)24)22(30)14-29(28)13-21(26)23(27)31/h13,15-20H,4-12,14,26,28H2,1-3H3,(H2,27,31)/b21-13-/t15?,16?,17?,18?,19?,20-,24?,25?/m1/s1. The highest BCUT2D eigenvalue weighted by atomic mass is 16.1. The summed E-state index contributed by atoms with van der Waals surface area (Å²) in [6, 6.07) is 0. The Morgan fingerprint density at radius 3 is 2.35 bits per heavy atom. The zero-order valence-electron chi connectivity index (χ0n) is 19.6. The lowest BCUT2D eigenvalue weighted by atomic mass is 9.44. The Bertz CT molecular complexity index is 767. The Morgan fingerprint density at radius 1 is 0.968 bits per heavy atom. The van der Waals surface area contributed by atoms with E-state index in [0.717, 1.165) is 42.9 Å². The van der Waals surface area contributed by atoms with Gasteiger partial charge < -0.3 is 16.5 Å². The molecule has 4 saturated carbocycles. The molecule has 6 nitrogen and oxygen atoms in total. The van der Waals surface area contributed by atoms with Gasteiger partial charge in [-0.3, -0.25) is 9.59 Å². The Labute approximate surface area is 187 Å². The van der Waals surface area contributed by atoms with Gasteiger partial charge in [-0.1, -0.05) is 27.2 Å². The van der Waals surface area contributed by atoms with Crippen LogP contribution in [0.25, 0.3) is 0 Å². The third kappa shape index (κ3) is 3.79. The Morgan fingerprint density at radius 2 is 1.65 bits per heavy atom. The van der Waals surface area contributed by atoms with Crippen LogP contribution in [0.3, 0.4) is 0 Å². The van der Waals surface area contributed by atoms with E-state index < -0.39 is 5.91 Å². The summed E-state index contributed by atoms with van der Waals surface area (Å²) >= 11 is 0. The zero-order chi connectivity index (χ0) is 22.6. The third-order valence-corrected chi connectivity index (χ3v) is 10.2. The van der Waals surface area contributed by atoms with Crippen LogP contribution in [0.5, 0.6) is 0 Å². The molecular formula is C25H42N4O2. The van der Waals surface area contributed by atoms with Crippen LogP contribution in [0.15, 0.2) is 11.9 Å². The smallest absolute Gasteiger partial charge is 0.266 e. The number of nitrogens with two attached hydrogens (primary N) is 3. The second-order valence-corrected chi connectivity index (χ2v) is 11.8. The Balaban J connectivity index is 1.48. The van der Waals surface area contributed by atoms with E-state index >= 15 is 0 Å². The number of fused-ring (bicyclic) bond motifs is 5. The summed E-state index contributed by atoms with van der Waals surface area (Å²) in [5.41, 5.74) is 11.2. The molecule has 8 atom stereocenters. The Kier molecular flexibility index (Phi) is 5.91. The number of rotatable bonds is 5. The number of carbonyl (C=O) groups excluding carboxylic acids is 2. The molecule has 0 bridgehead atoms. The predicted molar refractivity (Wildman–Crippen MR) is 122 cm³/mol. The maximum absolute atomic E-state index is 13.2. The lowest BCUT2D eigenvalue weighted by Gasteiger charge is -2.61. The van der Waals surface area contributed by atoms with Gasteiger partial charge >= 0.3 is 0 Å². The summed E-state index contributed by atoms with van der Waals surface area (Å²) < 4.78 is 0. The summed E-state index contributed by atoms with van der Waals surface area (Å²) in [4.78, 5) is 24.4. The van der Waals surface area contributed by atoms with Crippen molar-refractivity contribution in [1.82, 2.24) is 5.01 Å². The fourth-order valence-corrected chi connectivity index (χ4v) is 8.58. The van der Waals surface area contributed by atoms with Crippen LogP contribution in [0, 0.1) is 46.3 Å². The van der Waals surface area contributed by atoms with E-state index in [4.69, 9.17) is 17.3 Å². The molecule has 0 radical (unpaired) electrons. The van der Waals surface area contributed by atoms with Gasteiger partial charge in [0, 0.05) is 12.1 Å². The number of nitrogens with zero attached hydrogens (tertiary/aromatic N) is 1. The van der Waals surface area contributed by atoms with Crippen LogP contribution >= 0.6 is 0 Å². The molecule has 7 unspecified atom stereocenters. The normalized spacial score (nSPS) is 44.7. The number of carbonyl (C=O) groups is 2. The molecule has 6 heteroatoms. The van der Waals surface area contributed by atoms with Gasteiger partial charge in [-0.05, 0) is 91.8 Å². The van der Waals surface area contributed by atoms with Crippen molar-refractivity contribution in [3.63, 3.8) is 0 Å². The van der Waals surface area contributed by atoms with Crippen molar-refractivity contribution < 1.29 is 9.59 Å². The van der Waals surface area contributed by atoms with Crippen molar-refractivity contribution in [3.05, 3.63) is 11.9 Å². The molecular weight excluding hydrogens is 388 g/mol. The van der Waals surface area contributed by atoms with Crippen molar-refractivity contribution >= 4 is 11.7 Å². The van der Waals surface area contributed by atoms with Gasteiger partial charge in [0.1, 0.15) is 5.70 Å². The van der Waals surface area contributed by atoms with Gasteiger partial charge in [0.25, 0.3) is 5.91 Å². The maximum atomic E-state index is 13.2. The highest BCUT2D eigenvalue weighted by Crippen LogP contribution is 2.67. The molecule has 31 heavy (non-hydrogen) atoms. The second-order valence-electron chi connectivity index (χ2n) is 11.8. The number of Topliss-reactive ketones (excluding diaryl/α,β-unsaturated/α-hetero) is 1. The van der Waals surface area contributed by atoms with Crippen LogP contribution < -0.4 is 17.3 Å². The monoisotopic (exact) mass is 430 g/mol. The summed E-state index contributed by atoms with van der Waals surface area (Å²) in [6.45, 7) is 7.48. The largest absolute Gasteiger partial charge is 0.393 e. The average molecular weight is 431 g/mol. The Hall–Kier alpha value is -1.56. The molecule has 0 aromatic heterocycles. The molecule has 0 aromatic carbocycles. The number of ketones is 1. The number of primary amides is 1. The summed E-state index contributed by atoms with van der Waals surface area (Å²) in [5, 5.41) is 1.22. The van der Waals surface area contributed by atoms with Gasteiger partial charge in [0.15, 0.2) is 5.78 Å². The van der Waals surface area contributed by atoms with Crippen molar-refractivity contribution in [2.45, 2.75) is 78.6 Å². The van der Waals surface area contributed by atoms with Crippen LogP contribution in [0.4, 0.5) is 0 Å². The van der Waals surface area contributed by atoms with Crippen molar-refractivity contribution in [3.8, 4) is 0 Å². The second kappa shape index (κ2) is 8.09. The summed E-state index contributed by atoms with van der Waals surface area (Å²) in [6.07, 6.45) is 12.7.